The lowest BCUT2D eigenvalue weighted by Crippen LogP contribution is -2.25. The van der Waals surface area contributed by atoms with Gasteiger partial charge in [0.25, 0.3) is 5.91 Å². The average molecular weight is 361 g/mol. The number of carbonyl (C=O) groups is 2. The second-order valence-electron chi connectivity index (χ2n) is 6.30. The molecule has 0 saturated heterocycles. The SMILES string of the molecule is CCN1c2ncccc2C(=O)N(C)c2ccc(-c3cccn3C(C)=O)nc21. The Balaban J connectivity index is 1.95. The van der Waals surface area contributed by atoms with Crippen LogP contribution in [0, 0.1) is 0 Å². The number of pyridine rings is 2. The van der Waals surface area contributed by atoms with Crippen molar-refractivity contribution in [2.24, 2.45) is 0 Å². The maximum Gasteiger partial charge on any atom is 0.261 e. The third-order valence-electron chi connectivity index (χ3n) is 4.72. The summed E-state index contributed by atoms with van der Waals surface area (Å²) < 4.78 is 1.56. The molecular weight excluding hydrogens is 342 g/mol. The van der Waals surface area contributed by atoms with Crippen molar-refractivity contribution >= 4 is 29.1 Å². The maximum absolute atomic E-state index is 12.9. The molecule has 1 aliphatic heterocycles. The van der Waals surface area contributed by atoms with E-state index in [1.54, 1.807) is 41.0 Å². The normalized spacial score (nSPS) is 13.2. The van der Waals surface area contributed by atoms with Gasteiger partial charge in [0.05, 0.1) is 22.6 Å². The van der Waals surface area contributed by atoms with Gasteiger partial charge in [-0.1, -0.05) is 0 Å². The second-order valence-corrected chi connectivity index (χ2v) is 6.30. The Hall–Kier alpha value is -3.48. The molecule has 0 saturated carbocycles. The summed E-state index contributed by atoms with van der Waals surface area (Å²) in [5.41, 5.74) is 2.60. The van der Waals surface area contributed by atoms with Crippen LogP contribution in [0.1, 0.15) is 29.0 Å². The summed E-state index contributed by atoms with van der Waals surface area (Å²) in [4.78, 5) is 37.5. The van der Waals surface area contributed by atoms with Gasteiger partial charge in [-0.25, -0.2) is 9.97 Å². The predicted octanol–water partition coefficient (Wildman–Crippen LogP) is 3.35. The number of amides is 1. The van der Waals surface area contributed by atoms with Gasteiger partial charge in [0.2, 0.25) is 5.91 Å². The second kappa shape index (κ2) is 6.35. The molecule has 0 bridgehead atoms. The lowest BCUT2D eigenvalue weighted by atomic mass is 10.2. The van der Waals surface area contributed by atoms with E-state index in [-0.39, 0.29) is 11.8 Å². The highest BCUT2D eigenvalue weighted by molar-refractivity contribution is 6.12. The lowest BCUT2D eigenvalue weighted by molar-refractivity contribution is 0.0937. The van der Waals surface area contributed by atoms with Gasteiger partial charge < -0.3 is 9.80 Å². The fourth-order valence-electron chi connectivity index (χ4n) is 3.38. The summed E-state index contributed by atoms with van der Waals surface area (Å²) in [6, 6.07) is 10.9. The molecule has 7 heteroatoms. The molecule has 136 valence electrons. The number of anilines is 3. The first-order chi connectivity index (χ1) is 13.0. The van der Waals surface area contributed by atoms with E-state index in [1.807, 2.05) is 36.1 Å². The highest BCUT2D eigenvalue weighted by Crippen LogP contribution is 2.38. The van der Waals surface area contributed by atoms with E-state index >= 15 is 0 Å². The fourth-order valence-corrected chi connectivity index (χ4v) is 3.38. The Kier molecular flexibility index (Phi) is 3.99. The Labute approximate surface area is 156 Å². The molecular formula is C20H19N5O2. The van der Waals surface area contributed by atoms with Crippen molar-refractivity contribution < 1.29 is 9.59 Å². The topological polar surface area (TPSA) is 71.3 Å². The van der Waals surface area contributed by atoms with Crippen LogP contribution in [0.5, 0.6) is 0 Å². The third kappa shape index (κ3) is 2.59. The number of hydrogen-bond donors (Lipinski definition) is 0. The minimum Gasteiger partial charge on any atom is -0.309 e. The summed E-state index contributed by atoms with van der Waals surface area (Å²) in [6.07, 6.45) is 3.39. The molecule has 4 heterocycles. The predicted molar refractivity (Wildman–Crippen MR) is 104 cm³/mol. The first-order valence-corrected chi connectivity index (χ1v) is 8.73. The molecule has 0 radical (unpaired) electrons. The van der Waals surface area contributed by atoms with Crippen LogP contribution in [0.25, 0.3) is 11.4 Å². The molecule has 4 rings (SSSR count). The van der Waals surface area contributed by atoms with Gasteiger partial charge >= 0.3 is 0 Å². The van der Waals surface area contributed by atoms with Crippen LogP contribution < -0.4 is 9.80 Å². The first kappa shape index (κ1) is 17.0. The van der Waals surface area contributed by atoms with Gasteiger partial charge in [-0.3, -0.25) is 14.2 Å². The zero-order chi connectivity index (χ0) is 19.1. The van der Waals surface area contributed by atoms with Crippen molar-refractivity contribution in [1.82, 2.24) is 14.5 Å². The quantitative estimate of drug-likeness (QED) is 0.700. The van der Waals surface area contributed by atoms with E-state index in [0.29, 0.717) is 40.8 Å². The molecule has 0 spiro atoms. The smallest absolute Gasteiger partial charge is 0.261 e. The molecule has 3 aromatic heterocycles. The Bertz CT molecular complexity index is 1060. The van der Waals surface area contributed by atoms with Gasteiger partial charge in [0.15, 0.2) is 5.82 Å². The maximum atomic E-state index is 12.9. The Morgan fingerprint density at radius 1 is 1.11 bits per heavy atom. The summed E-state index contributed by atoms with van der Waals surface area (Å²) >= 11 is 0. The van der Waals surface area contributed by atoms with Crippen molar-refractivity contribution in [2.45, 2.75) is 13.8 Å². The van der Waals surface area contributed by atoms with E-state index in [1.165, 1.54) is 6.92 Å². The number of carbonyl (C=O) groups excluding carboxylic acids is 2. The number of hydrogen-bond acceptors (Lipinski definition) is 5. The van der Waals surface area contributed by atoms with Crippen LogP contribution in [-0.2, 0) is 0 Å². The minimum absolute atomic E-state index is 0.0848. The van der Waals surface area contributed by atoms with Crippen molar-refractivity contribution in [3.8, 4) is 11.4 Å². The standard InChI is InChI=1S/C20H19N5O2/c1-4-24-18-14(7-5-11-21-18)20(27)23(3)17-10-9-15(22-19(17)24)16-8-6-12-25(16)13(2)26/h5-12H,4H2,1-3H3. The third-order valence-corrected chi connectivity index (χ3v) is 4.72. The van der Waals surface area contributed by atoms with E-state index in [2.05, 4.69) is 4.98 Å². The van der Waals surface area contributed by atoms with Crippen LogP contribution >= 0.6 is 0 Å². The summed E-state index contributed by atoms with van der Waals surface area (Å²) in [7, 11) is 1.73. The molecule has 0 aliphatic carbocycles. The van der Waals surface area contributed by atoms with E-state index in [9.17, 15) is 9.59 Å². The Morgan fingerprint density at radius 2 is 1.93 bits per heavy atom. The van der Waals surface area contributed by atoms with Crippen molar-refractivity contribution in [3.05, 3.63) is 54.4 Å². The van der Waals surface area contributed by atoms with Gasteiger partial charge in [0.1, 0.15) is 5.82 Å². The van der Waals surface area contributed by atoms with Gasteiger partial charge in [-0.2, -0.15) is 0 Å². The largest absolute Gasteiger partial charge is 0.309 e. The summed E-state index contributed by atoms with van der Waals surface area (Å²) in [6.45, 7) is 4.10. The molecule has 1 amide bonds. The van der Waals surface area contributed by atoms with E-state index < -0.39 is 0 Å². The van der Waals surface area contributed by atoms with E-state index in [4.69, 9.17) is 4.98 Å². The monoisotopic (exact) mass is 361 g/mol. The lowest BCUT2D eigenvalue weighted by Gasteiger charge is -2.23. The van der Waals surface area contributed by atoms with Crippen LogP contribution in [0.4, 0.5) is 17.3 Å². The number of aromatic nitrogens is 3. The molecule has 7 nitrogen and oxygen atoms in total. The van der Waals surface area contributed by atoms with Crippen LogP contribution in [0.2, 0.25) is 0 Å². The molecule has 1 aliphatic rings. The van der Waals surface area contributed by atoms with Crippen molar-refractivity contribution in [1.29, 1.82) is 0 Å². The van der Waals surface area contributed by atoms with Gasteiger partial charge in [0, 0.05) is 32.9 Å². The van der Waals surface area contributed by atoms with Crippen LogP contribution in [0.15, 0.2) is 48.8 Å². The van der Waals surface area contributed by atoms with Crippen LogP contribution in [-0.4, -0.2) is 39.9 Å². The molecule has 0 aromatic carbocycles. The average Bonchev–Trinajstić information content (AvgIpc) is 3.15. The van der Waals surface area contributed by atoms with Crippen molar-refractivity contribution in [2.75, 3.05) is 23.4 Å². The minimum atomic E-state index is -0.128. The van der Waals surface area contributed by atoms with Gasteiger partial charge in [-0.15, -0.1) is 0 Å². The summed E-state index contributed by atoms with van der Waals surface area (Å²) in [5.74, 6) is 1.01. The zero-order valence-electron chi connectivity index (χ0n) is 15.4. The summed E-state index contributed by atoms with van der Waals surface area (Å²) in [5, 5.41) is 0. The number of nitrogens with zero attached hydrogens (tertiary/aromatic N) is 5. The number of rotatable bonds is 2. The fraction of sp³-hybridized carbons (Fsp3) is 0.200. The Morgan fingerprint density at radius 3 is 2.67 bits per heavy atom. The number of fused-ring (bicyclic) bond motifs is 2. The van der Waals surface area contributed by atoms with Crippen LogP contribution in [0.3, 0.4) is 0 Å². The highest BCUT2D eigenvalue weighted by Gasteiger charge is 2.30. The molecule has 0 fully saturated rings. The zero-order valence-corrected chi connectivity index (χ0v) is 15.4. The molecule has 0 N–H and O–H groups in total. The van der Waals surface area contributed by atoms with Crippen molar-refractivity contribution in [3.63, 3.8) is 0 Å². The molecule has 0 atom stereocenters. The molecule has 3 aromatic rings. The van der Waals surface area contributed by atoms with Gasteiger partial charge in [-0.05, 0) is 43.3 Å². The van der Waals surface area contributed by atoms with E-state index in [0.717, 1.165) is 0 Å². The first-order valence-electron chi connectivity index (χ1n) is 8.73. The highest BCUT2D eigenvalue weighted by atomic mass is 16.2. The molecule has 0 unspecified atom stereocenters. The molecule has 27 heavy (non-hydrogen) atoms.